The summed E-state index contributed by atoms with van der Waals surface area (Å²) in [7, 11) is 0. The summed E-state index contributed by atoms with van der Waals surface area (Å²) in [5.41, 5.74) is -0.997. The molecule has 0 saturated carbocycles. The van der Waals surface area contributed by atoms with Crippen molar-refractivity contribution in [2.45, 2.75) is 52.6 Å². The van der Waals surface area contributed by atoms with Crippen molar-refractivity contribution in [1.82, 2.24) is 0 Å². The molecule has 4 heteroatoms. The SMILES string of the molecule is C=CCC1(C)CCC[N+](C(=O)OC(C)(C)C)=CC1=O. The fourth-order valence-electron chi connectivity index (χ4n) is 2.11. The molecule has 0 fully saturated rings. The number of ether oxygens (including phenoxy) is 1. The number of allylic oxidation sites excluding steroid dienone is 1. The standard InChI is InChI=1S/C15H24NO3/c1-6-8-15(5)9-7-10-16(11-12(15)17)13(18)19-14(2,3)4/h6,11H,1,7-10H2,2-5H3/q+1. The molecule has 106 valence electrons. The Balaban J connectivity index is 2.90. The van der Waals surface area contributed by atoms with Crippen LogP contribution in [0.5, 0.6) is 0 Å². The Labute approximate surface area is 115 Å². The second-order valence-corrected chi connectivity index (χ2v) is 6.32. The second-order valence-electron chi connectivity index (χ2n) is 6.32. The van der Waals surface area contributed by atoms with Gasteiger partial charge in [0.2, 0.25) is 12.0 Å². The van der Waals surface area contributed by atoms with Crippen molar-refractivity contribution in [3.63, 3.8) is 0 Å². The second kappa shape index (κ2) is 5.68. The number of ketones is 1. The van der Waals surface area contributed by atoms with Gasteiger partial charge in [-0.05, 0) is 33.6 Å². The van der Waals surface area contributed by atoms with E-state index >= 15 is 0 Å². The highest BCUT2D eigenvalue weighted by atomic mass is 16.6. The van der Waals surface area contributed by atoms with Gasteiger partial charge in [-0.25, -0.2) is 0 Å². The Kier molecular flexibility index (Phi) is 4.66. The van der Waals surface area contributed by atoms with Crippen LogP contribution in [0.3, 0.4) is 0 Å². The summed E-state index contributed by atoms with van der Waals surface area (Å²) in [4.78, 5) is 24.2. The predicted octanol–water partition coefficient (Wildman–Crippen LogP) is 2.95. The van der Waals surface area contributed by atoms with Crippen molar-refractivity contribution < 1.29 is 18.9 Å². The molecular weight excluding hydrogens is 242 g/mol. The van der Waals surface area contributed by atoms with Gasteiger partial charge < -0.3 is 4.74 Å². The van der Waals surface area contributed by atoms with Crippen LogP contribution in [0.25, 0.3) is 0 Å². The van der Waals surface area contributed by atoms with Crippen LogP contribution < -0.4 is 0 Å². The molecule has 0 aliphatic carbocycles. The Hall–Kier alpha value is -1.45. The molecule has 1 unspecified atom stereocenters. The van der Waals surface area contributed by atoms with Gasteiger partial charge in [0, 0.05) is 11.8 Å². The predicted molar refractivity (Wildman–Crippen MR) is 74.6 cm³/mol. The minimum Gasteiger partial charge on any atom is -0.406 e. The molecule has 0 aromatic heterocycles. The normalized spacial score (nSPS) is 24.4. The molecule has 1 amide bonds. The number of carbonyl (C=O) groups is 2. The minimum atomic E-state index is -0.551. The Bertz CT molecular complexity index is 418. The first-order chi connectivity index (χ1) is 8.68. The zero-order valence-corrected chi connectivity index (χ0v) is 12.4. The molecule has 0 saturated heterocycles. The van der Waals surface area contributed by atoms with Crippen LogP contribution in [0.2, 0.25) is 0 Å². The first kappa shape index (κ1) is 15.6. The van der Waals surface area contributed by atoms with E-state index in [1.807, 2.05) is 27.7 Å². The van der Waals surface area contributed by atoms with Gasteiger partial charge in [-0.15, -0.1) is 11.2 Å². The van der Waals surface area contributed by atoms with Crippen molar-refractivity contribution in [2.24, 2.45) is 5.41 Å². The molecular formula is C15H24NO3+. The van der Waals surface area contributed by atoms with Crippen LogP contribution in [0.15, 0.2) is 12.7 Å². The number of rotatable bonds is 2. The number of carbonyl (C=O) groups excluding carboxylic acids is 2. The largest absolute Gasteiger partial charge is 0.597 e. The summed E-state index contributed by atoms with van der Waals surface area (Å²) in [6.45, 7) is 11.6. The van der Waals surface area contributed by atoms with E-state index in [1.54, 1.807) is 6.08 Å². The van der Waals surface area contributed by atoms with Gasteiger partial charge in [-0.2, -0.15) is 4.79 Å². The summed E-state index contributed by atoms with van der Waals surface area (Å²) < 4.78 is 6.68. The van der Waals surface area contributed by atoms with E-state index in [-0.39, 0.29) is 5.78 Å². The van der Waals surface area contributed by atoms with Crippen LogP contribution in [-0.4, -0.2) is 34.8 Å². The molecule has 0 N–H and O–H groups in total. The zero-order valence-electron chi connectivity index (χ0n) is 12.4. The average molecular weight is 266 g/mol. The number of hydrogen-bond acceptors (Lipinski definition) is 3. The number of hydrogen-bond donors (Lipinski definition) is 0. The average Bonchev–Trinajstić information content (AvgIpc) is 2.38. The maximum atomic E-state index is 12.3. The number of amides is 1. The third kappa shape index (κ3) is 4.30. The Morgan fingerprint density at radius 2 is 2.21 bits per heavy atom. The van der Waals surface area contributed by atoms with Crippen molar-refractivity contribution >= 4 is 18.1 Å². The van der Waals surface area contributed by atoms with Gasteiger partial charge in [-0.1, -0.05) is 13.0 Å². The van der Waals surface area contributed by atoms with Crippen molar-refractivity contribution in [3.05, 3.63) is 12.7 Å². The Morgan fingerprint density at radius 3 is 2.74 bits per heavy atom. The van der Waals surface area contributed by atoms with Crippen LogP contribution in [-0.2, 0) is 9.53 Å². The summed E-state index contributed by atoms with van der Waals surface area (Å²) >= 11 is 0. The quantitative estimate of drug-likeness (QED) is 0.570. The zero-order chi connectivity index (χ0) is 14.7. The first-order valence-corrected chi connectivity index (χ1v) is 6.68. The molecule has 1 aliphatic heterocycles. The lowest BCUT2D eigenvalue weighted by molar-refractivity contribution is -0.445. The number of Topliss-reactive ketones (excluding diaryl/α,β-unsaturated/α-hetero) is 1. The third-order valence-electron chi connectivity index (χ3n) is 3.22. The number of nitrogens with zero attached hydrogens (tertiary/aromatic N) is 1. The monoisotopic (exact) mass is 266 g/mol. The van der Waals surface area contributed by atoms with E-state index in [9.17, 15) is 9.59 Å². The highest BCUT2D eigenvalue weighted by Crippen LogP contribution is 2.30. The van der Waals surface area contributed by atoms with Gasteiger partial charge in [0.25, 0.3) is 0 Å². The van der Waals surface area contributed by atoms with Crippen molar-refractivity contribution in [2.75, 3.05) is 6.54 Å². The maximum Gasteiger partial charge on any atom is 0.597 e. The minimum absolute atomic E-state index is 0.0317. The molecule has 0 radical (unpaired) electrons. The molecule has 0 aromatic carbocycles. The van der Waals surface area contributed by atoms with Gasteiger partial charge in [0.15, 0.2) is 6.54 Å². The molecule has 0 bridgehead atoms. The lowest BCUT2D eigenvalue weighted by Crippen LogP contribution is -2.34. The van der Waals surface area contributed by atoms with Gasteiger partial charge in [-0.3, -0.25) is 4.79 Å². The molecule has 0 aromatic rings. The summed E-state index contributed by atoms with van der Waals surface area (Å²) in [6.07, 6.45) is 4.87. The van der Waals surface area contributed by atoms with Crippen LogP contribution in [0.1, 0.15) is 47.0 Å². The van der Waals surface area contributed by atoms with Crippen LogP contribution in [0.4, 0.5) is 4.79 Å². The van der Waals surface area contributed by atoms with E-state index in [0.29, 0.717) is 13.0 Å². The van der Waals surface area contributed by atoms with Gasteiger partial charge in [0.1, 0.15) is 5.60 Å². The van der Waals surface area contributed by atoms with E-state index in [2.05, 4.69) is 6.58 Å². The molecule has 1 heterocycles. The third-order valence-corrected chi connectivity index (χ3v) is 3.22. The summed E-state index contributed by atoms with van der Waals surface area (Å²) in [5, 5.41) is 0. The lowest BCUT2D eigenvalue weighted by Gasteiger charge is -2.21. The summed E-state index contributed by atoms with van der Waals surface area (Å²) in [5.74, 6) is -0.0317. The first-order valence-electron chi connectivity index (χ1n) is 6.68. The summed E-state index contributed by atoms with van der Waals surface area (Å²) in [6, 6.07) is 0. The fraction of sp³-hybridized carbons (Fsp3) is 0.667. The topological polar surface area (TPSA) is 46.4 Å². The van der Waals surface area contributed by atoms with E-state index < -0.39 is 17.1 Å². The van der Waals surface area contributed by atoms with Crippen LogP contribution in [0, 0.1) is 5.41 Å². The fourth-order valence-corrected chi connectivity index (χ4v) is 2.11. The maximum absolute atomic E-state index is 12.3. The van der Waals surface area contributed by atoms with Crippen molar-refractivity contribution in [1.29, 1.82) is 0 Å². The molecule has 0 spiro atoms. The van der Waals surface area contributed by atoms with Gasteiger partial charge in [0.05, 0.1) is 0 Å². The smallest absolute Gasteiger partial charge is 0.406 e. The molecule has 1 rings (SSSR count). The molecule has 1 atom stereocenters. The lowest BCUT2D eigenvalue weighted by atomic mass is 9.79. The highest BCUT2D eigenvalue weighted by Gasteiger charge is 2.38. The molecule has 19 heavy (non-hydrogen) atoms. The van der Waals surface area contributed by atoms with Gasteiger partial charge >= 0.3 is 6.09 Å². The molecule has 1 aliphatic rings. The molecule has 4 nitrogen and oxygen atoms in total. The van der Waals surface area contributed by atoms with E-state index in [1.165, 1.54) is 10.8 Å². The highest BCUT2D eigenvalue weighted by molar-refractivity contribution is 6.28. The van der Waals surface area contributed by atoms with E-state index in [0.717, 1.165) is 12.8 Å². The van der Waals surface area contributed by atoms with E-state index in [4.69, 9.17) is 4.74 Å². The van der Waals surface area contributed by atoms with Crippen LogP contribution >= 0.6 is 0 Å². The van der Waals surface area contributed by atoms with Crippen molar-refractivity contribution in [3.8, 4) is 0 Å². The Morgan fingerprint density at radius 1 is 1.58 bits per heavy atom.